The van der Waals surface area contributed by atoms with Crippen LogP contribution >= 0.6 is 0 Å². The predicted molar refractivity (Wildman–Crippen MR) is 97.5 cm³/mol. The quantitative estimate of drug-likeness (QED) is 0.354. The number of halogens is 1. The molecule has 0 saturated carbocycles. The van der Waals surface area contributed by atoms with Crippen molar-refractivity contribution < 1.29 is 9.31 Å². The Morgan fingerprint density at radius 3 is 2.68 bits per heavy atom. The molecule has 0 spiro atoms. The Hall–Kier alpha value is -4.21. The van der Waals surface area contributed by atoms with Crippen LogP contribution in [-0.4, -0.2) is 34.3 Å². The summed E-state index contributed by atoms with van der Waals surface area (Å²) >= 11 is 0. The molecule has 0 bridgehead atoms. The zero-order valence-corrected chi connectivity index (χ0v) is 14.1. The number of fused-ring (bicyclic) bond motifs is 3. The van der Waals surface area contributed by atoms with Gasteiger partial charge in [-0.2, -0.15) is 5.10 Å². The lowest BCUT2D eigenvalue weighted by atomic mass is 10.2. The summed E-state index contributed by atoms with van der Waals surface area (Å²) < 4.78 is 16.3. The molecule has 0 unspecified atom stereocenters. The Morgan fingerprint density at radius 2 is 1.89 bits per heavy atom. The van der Waals surface area contributed by atoms with Gasteiger partial charge in [0.2, 0.25) is 0 Å². The summed E-state index contributed by atoms with van der Waals surface area (Å²) in [6.45, 7) is 0. The standard InChI is InChI=1S/C18H10FN7O2/c19-12-4-6-13(7-5-12)25-17-15(9-21-25)18-22-16(23-24(18)10-20-17)11-2-1-3-14(8-11)26(27)28/h1-10H. The van der Waals surface area contributed by atoms with Crippen molar-refractivity contribution in [1.29, 1.82) is 0 Å². The molecule has 3 aromatic heterocycles. The second-order valence-corrected chi connectivity index (χ2v) is 6.03. The first-order chi connectivity index (χ1) is 13.6. The van der Waals surface area contributed by atoms with Crippen LogP contribution in [0.5, 0.6) is 0 Å². The molecule has 2 aromatic carbocycles. The molecule has 0 N–H and O–H groups in total. The van der Waals surface area contributed by atoms with Crippen molar-refractivity contribution in [3.05, 3.63) is 77.0 Å². The van der Waals surface area contributed by atoms with Crippen molar-refractivity contribution in [2.24, 2.45) is 0 Å². The number of rotatable bonds is 3. The molecule has 10 heteroatoms. The molecule has 0 atom stereocenters. The Labute approximate surface area is 155 Å². The number of nitro groups is 1. The van der Waals surface area contributed by atoms with Gasteiger partial charge in [0.05, 0.1) is 22.2 Å². The average Bonchev–Trinajstić information content (AvgIpc) is 3.32. The third kappa shape index (κ3) is 2.47. The van der Waals surface area contributed by atoms with Crippen LogP contribution in [-0.2, 0) is 0 Å². The second-order valence-electron chi connectivity index (χ2n) is 6.03. The molecule has 0 amide bonds. The van der Waals surface area contributed by atoms with Crippen molar-refractivity contribution in [2.75, 3.05) is 0 Å². The van der Waals surface area contributed by atoms with Crippen molar-refractivity contribution in [2.45, 2.75) is 0 Å². The lowest BCUT2D eigenvalue weighted by molar-refractivity contribution is -0.384. The fourth-order valence-corrected chi connectivity index (χ4v) is 2.97. The van der Waals surface area contributed by atoms with Crippen LogP contribution in [0, 0.1) is 15.9 Å². The first-order valence-corrected chi connectivity index (χ1v) is 8.20. The molecule has 0 saturated heterocycles. The minimum absolute atomic E-state index is 0.0382. The van der Waals surface area contributed by atoms with Gasteiger partial charge in [-0.15, -0.1) is 5.10 Å². The maximum Gasteiger partial charge on any atom is 0.270 e. The fourth-order valence-electron chi connectivity index (χ4n) is 2.97. The van der Waals surface area contributed by atoms with Gasteiger partial charge in [-0.3, -0.25) is 10.1 Å². The van der Waals surface area contributed by atoms with Crippen molar-refractivity contribution >= 4 is 22.4 Å². The predicted octanol–water partition coefficient (Wildman–Crippen LogP) is 3.18. The van der Waals surface area contributed by atoms with Crippen LogP contribution in [0.1, 0.15) is 0 Å². The first-order valence-electron chi connectivity index (χ1n) is 8.20. The van der Waals surface area contributed by atoms with E-state index in [1.807, 2.05) is 0 Å². The van der Waals surface area contributed by atoms with Crippen LogP contribution < -0.4 is 0 Å². The molecule has 0 fully saturated rings. The summed E-state index contributed by atoms with van der Waals surface area (Å²) in [7, 11) is 0. The van der Waals surface area contributed by atoms with E-state index in [2.05, 4.69) is 20.2 Å². The number of benzene rings is 2. The number of nitro benzene ring substituents is 1. The number of non-ortho nitro benzene ring substituents is 1. The minimum atomic E-state index is -0.466. The van der Waals surface area contributed by atoms with Crippen molar-refractivity contribution in [3.63, 3.8) is 0 Å². The van der Waals surface area contributed by atoms with E-state index in [1.165, 1.54) is 35.1 Å². The van der Waals surface area contributed by atoms with Gasteiger partial charge in [0.25, 0.3) is 5.69 Å². The van der Waals surface area contributed by atoms with E-state index < -0.39 is 4.92 Å². The molecular formula is C18H10FN7O2. The summed E-state index contributed by atoms with van der Waals surface area (Å²) in [4.78, 5) is 19.4. The number of hydrogen-bond acceptors (Lipinski definition) is 6. The summed E-state index contributed by atoms with van der Waals surface area (Å²) in [5.41, 5.74) is 2.20. The lowest BCUT2D eigenvalue weighted by Gasteiger charge is -2.02. The third-order valence-electron chi connectivity index (χ3n) is 4.29. The number of aromatic nitrogens is 6. The molecule has 0 aliphatic rings. The molecule has 9 nitrogen and oxygen atoms in total. The van der Waals surface area contributed by atoms with Gasteiger partial charge in [-0.25, -0.2) is 23.6 Å². The Morgan fingerprint density at radius 1 is 1.07 bits per heavy atom. The Balaban J connectivity index is 1.66. The highest BCUT2D eigenvalue weighted by atomic mass is 19.1. The largest absolute Gasteiger partial charge is 0.270 e. The van der Waals surface area contributed by atoms with Crippen LogP contribution in [0.15, 0.2) is 61.1 Å². The van der Waals surface area contributed by atoms with E-state index in [9.17, 15) is 14.5 Å². The van der Waals surface area contributed by atoms with E-state index in [0.717, 1.165) is 0 Å². The fraction of sp³-hybridized carbons (Fsp3) is 0. The zero-order valence-electron chi connectivity index (χ0n) is 14.1. The van der Waals surface area contributed by atoms with E-state index in [4.69, 9.17) is 0 Å². The molecule has 5 aromatic rings. The smallest absolute Gasteiger partial charge is 0.258 e. The van der Waals surface area contributed by atoms with Gasteiger partial charge >= 0.3 is 0 Å². The maximum absolute atomic E-state index is 13.2. The summed E-state index contributed by atoms with van der Waals surface area (Å²) in [5.74, 6) is 0.00199. The van der Waals surface area contributed by atoms with E-state index in [0.29, 0.717) is 33.8 Å². The highest BCUT2D eigenvalue weighted by Crippen LogP contribution is 2.24. The first kappa shape index (κ1) is 16.0. The molecule has 0 radical (unpaired) electrons. The van der Waals surface area contributed by atoms with E-state index in [-0.39, 0.29) is 11.5 Å². The average molecular weight is 375 g/mol. The van der Waals surface area contributed by atoms with E-state index >= 15 is 0 Å². The number of nitrogens with zero attached hydrogens (tertiary/aromatic N) is 7. The molecule has 136 valence electrons. The van der Waals surface area contributed by atoms with Gasteiger partial charge in [0.15, 0.2) is 17.1 Å². The van der Waals surface area contributed by atoms with Crippen LogP contribution in [0.3, 0.4) is 0 Å². The normalized spacial score (nSPS) is 11.3. The minimum Gasteiger partial charge on any atom is -0.258 e. The van der Waals surface area contributed by atoms with Gasteiger partial charge in [-0.05, 0) is 24.3 Å². The van der Waals surface area contributed by atoms with Gasteiger partial charge in [0.1, 0.15) is 12.1 Å². The SMILES string of the molecule is O=[N+]([O-])c1cccc(-c2nc3c4cnn(-c5ccc(F)cc5)c4ncn3n2)c1. The highest BCUT2D eigenvalue weighted by molar-refractivity contribution is 5.90. The molecule has 0 aliphatic heterocycles. The molecular weight excluding hydrogens is 365 g/mol. The van der Waals surface area contributed by atoms with E-state index in [1.54, 1.807) is 35.1 Å². The number of hydrogen-bond donors (Lipinski definition) is 0. The summed E-state index contributed by atoms with van der Waals surface area (Å²) in [6, 6.07) is 12.0. The molecule has 28 heavy (non-hydrogen) atoms. The maximum atomic E-state index is 13.2. The van der Waals surface area contributed by atoms with Crippen LogP contribution in [0.2, 0.25) is 0 Å². The Bertz CT molecular complexity index is 1360. The van der Waals surface area contributed by atoms with Crippen LogP contribution in [0.4, 0.5) is 10.1 Å². The highest BCUT2D eigenvalue weighted by Gasteiger charge is 2.16. The monoisotopic (exact) mass is 375 g/mol. The van der Waals surface area contributed by atoms with Crippen LogP contribution in [0.25, 0.3) is 33.8 Å². The molecule has 5 rings (SSSR count). The van der Waals surface area contributed by atoms with Gasteiger partial charge < -0.3 is 0 Å². The lowest BCUT2D eigenvalue weighted by Crippen LogP contribution is -1.99. The van der Waals surface area contributed by atoms with Gasteiger partial charge in [-0.1, -0.05) is 12.1 Å². The third-order valence-corrected chi connectivity index (χ3v) is 4.29. The Kier molecular flexibility index (Phi) is 3.38. The molecule has 0 aliphatic carbocycles. The van der Waals surface area contributed by atoms with Gasteiger partial charge in [0, 0.05) is 17.7 Å². The topological polar surface area (TPSA) is 104 Å². The van der Waals surface area contributed by atoms with Crippen molar-refractivity contribution in [1.82, 2.24) is 29.4 Å². The van der Waals surface area contributed by atoms with Crippen molar-refractivity contribution in [3.8, 4) is 17.1 Å². The second kappa shape index (κ2) is 5.91. The molecule has 3 heterocycles. The zero-order chi connectivity index (χ0) is 19.3. The summed E-state index contributed by atoms with van der Waals surface area (Å²) in [5, 5.41) is 20.3. The summed E-state index contributed by atoms with van der Waals surface area (Å²) in [6.07, 6.45) is 3.10.